The molecule has 0 fully saturated rings. The van der Waals surface area contributed by atoms with E-state index in [9.17, 15) is 22.8 Å². The molecule has 0 aromatic heterocycles. The number of aldehydes is 1. The van der Waals surface area contributed by atoms with E-state index >= 15 is 0 Å². The highest BCUT2D eigenvalue weighted by molar-refractivity contribution is 5.89. The van der Waals surface area contributed by atoms with Gasteiger partial charge in [-0.25, -0.2) is 0 Å². The summed E-state index contributed by atoms with van der Waals surface area (Å²) in [6.07, 6.45) is -4.06. The van der Waals surface area contributed by atoms with Crippen molar-refractivity contribution in [2.45, 2.75) is 26.4 Å². The van der Waals surface area contributed by atoms with Crippen LogP contribution in [0.15, 0.2) is 36.4 Å². The van der Waals surface area contributed by atoms with Crippen molar-refractivity contribution < 1.29 is 27.5 Å². The summed E-state index contributed by atoms with van der Waals surface area (Å²) in [5.41, 5.74) is 1.53. The van der Waals surface area contributed by atoms with E-state index in [1.54, 1.807) is 32.0 Å². The number of carbonyl (C=O) groups is 2. The minimum atomic E-state index is -4.52. The van der Waals surface area contributed by atoms with Gasteiger partial charge >= 0.3 is 12.1 Å². The highest BCUT2D eigenvalue weighted by atomic mass is 19.4. The Hall–Kier alpha value is -2.63. The van der Waals surface area contributed by atoms with Gasteiger partial charge in [-0.3, -0.25) is 9.59 Å². The lowest BCUT2D eigenvalue weighted by Crippen LogP contribution is -2.08. The van der Waals surface area contributed by atoms with Crippen LogP contribution in [-0.2, 0) is 22.1 Å². The molecule has 6 heteroatoms. The van der Waals surface area contributed by atoms with Crippen molar-refractivity contribution in [3.05, 3.63) is 58.7 Å². The molecule has 132 valence electrons. The van der Waals surface area contributed by atoms with E-state index < -0.39 is 11.7 Å². The molecule has 0 atom stereocenters. The minimum Gasteiger partial charge on any atom is -0.466 e. The zero-order chi connectivity index (χ0) is 18.6. The summed E-state index contributed by atoms with van der Waals surface area (Å²) in [6.45, 7) is 3.76. The molecular weight excluding hydrogens is 333 g/mol. The standard InChI is InChI=1S/C19H17F3O3/c1-3-25-18(24)9-13-5-4-12(2)17(8-13)16-7-6-15(19(20,21)22)10-14(16)11-23/h4-8,10-11H,3,9H2,1-2H3. The van der Waals surface area contributed by atoms with Crippen LogP contribution < -0.4 is 0 Å². The molecule has 0 amide bonds. The first-order valence-corrected chi connectivity index (χ1v) is 7.68. The highest BCUT2D eigenvalue weighted by Crippen LogP contribution is 2.34. The average molecular weight is 350 g/mol. The second kappa shape index (κ2) is 7.51. The fourth-order valence-electron chi connectivity index (χ4n) is 2.53. The number of ether oxygens (including phenoxy) is 1. The third-order valence-electron chi connectivity index (χ3n) is 3.75. The number of rotatable bonds is 5. The Labute approximate surface area is 143 Å². The maximum Gasteiger partial charge on any atom is 0.416 e. The van der Waals surface area contributed by atoms with E-state index in [-0.39, 0.29) is 24.6 Å². The molecule has 0 aliphatic carbocycles. The molecule has 2 aromatic carbocycles. The number of halogens is 3. The SMILES string of the molecule is CCOC(=O)Cc1ccc(C)c(-c2ccc(C(F)(F)F)cc2C=O)c1. The molecule has 3 nitrogen and oxygen atoms in total. The minimum absolute atomic E-state index is 0.0498. The van der Waals surface area contributed by atoms with E-state index in [2.05, 4.69) is 0 Å². The molecular formula is C19H17F3O3. The third kappa shape index (κ3) is 4.47. The molecule has 0 radical (unpaired) electrons. The normalized spacial score (nSPS) is 11.2. The first-order chi connectivity index (χ1) is 11.8. The zero-order valence-corrected chi connectivity index (χ0v) is 13.8. The molecule has 2 rings (SSSR count). The molecule has 0 aliphatic heterocycles. The molecule has 0 unspecified atom stereocenters. The maximum atomic E-state index is 12.8. The van der Waals surface area contributed by atoms with Crippen molar-refractivity contribution >= 4 is 12.3 Å². The lowest BCUT2D eigenvalue weighted by Gasteiger charge is -2.13. The van der Waals surface area contributed by atoms with Crippen molar-refractivity contribution in [3.8, 4) is 11.1 Å². The Morgan fingerprint density at radius 1 is 1.12 bits per heavy atom. The summed E-state index contributed by atoms with van der Waals surface area (Å²) in [5.74, 6) is -0.389. The maximum absolute atomic E-state index is 12.8. The predicted molar refractivity (Wildman–Crippen MR) is 87.3 cm³/mol. The molecule has 0 aliphatic rings. The Balaban J connectivity index is 2.47. The molecule has 0 N–H and O–H groups in total. The van der Waals surface area contributed by atoms with Crippen LogP contribution in [-0.4, -0.2) is 18.9 Å². The van der Waals surface area contributed by atoms with Crippen molar-refractivity contribution in [3.63, 3.8) is 0 Å². The van der Waals surface area contributed by atoms with Gasteiger partial charge in [-0.1, -0.05) is 24.3 Å². The van der Waals surface area contributed by atoms with Gasteiger partial charge < -0.3 is 4.74 Å². The van der Waals surface area contributed by atoms with Gasteiger partial charge in [0.1, 0.15) is 0 Å². The Morgan fingerprint density at radius 3 is 2.44 bits per heavy atom. The second-order valence-electron chi connectivity index (χ2n) is 5.55. The number of alkyl halides is 3. The van der Waals surface area contributed by atoms with E-state index in [0.717, 1.165) is 17.7 Å². The van der Waals surface area contributed by atoms with Crippen LogP contribution in [0.4, 0.5) is 13.2 Å². The molecule has 0 spiro atoms. The molecule has 0 bridgehead atoms. The van der Waals surface area contributed by atoms with Gasteiger partial charge in [-0.05, 0) is 48.2 Å². The fourth-order valence-corrected chi connectivity index (χ4v) is 2.53. The zero-order valence-electron chi connectivity index (χ0n) is 13.8. The summed E-state index contributed by atoms with van der Waals surface area (Å²) < 4.78 is 43.4. The Kier molecular flexibility index (Phi) is 5.62. The van der Waals surface area contributed by atoms with Gasteiger partial charge in [0, 0.05) is 5.56 Å². The van der Waals surface area contributed by atoms with Crippen molar-refractivity contribution in [1.82, 2.24) is 0 Å². The van der Waals surface area contributed by atoms with Crippen molar-refractivity contribution in [1.29, 1.82) is 0 Å². The molecule has 0 heterocycles. The first kappa shape index (κ1) is 18.7. The summed E-state index contributed by atoms with van der Waals surface area (Å²) in [5, 5.41) is 0. The van der Waals surface area contributed by atoms with Gasteiger partial charge in [0.2, 0.25) is 0 Å². The number of aryl methyl sites for hydroxylation is 1. The van der Waals surface area contributed by atoms with Gasteiger partial charge in [0.15, 0.2) is 6.29 Å². The number of carbonyl (C=O) groups excluding carboxylic acids is 2. The van der Waals surface area contributed by atoms with Crippen LogP contribution in [0.5, 0.6) is 0 Å². The Bertz CT molecular complexity index is 795. The summed E-state index contributed by atoms with van der Waals surface area (Å²) in [7, 11) is 0. The topological polar surface area (TPSA) is 43.4 Å². The van der Waals surface area contributed by atoms with Crippen LogP contribution in [0.1, 0.15) is 34.0 Å². The highest BCUT2D eigenvalue weighted by Gasteiger charge is 2.31. The van der Waals surface area contributed by atoms with E-state index in [4.69, 9.17) is 4.74 Å². The Morgan fingerprint density at radius 2 is 1.84 bits per heavy atom. The van der Waals surface area contributed by atoms with Crippen LogP contribution >= 0.6 is 0 Å². The second-order valence-corrected chi connectivity index (χ2v) is 5.55. The van der Waals surface area contributed by atoms with Gasteiger partial charge in [-0.2, -0.15) is 13.2 Å². The lowest BCUT2D eigenvalue weighted by atomic mass is 9.93. The number of benzene rings is 2. The van der Waals surface area contributed by atoms with Gasteiger partial charge in [-0.15, -0.1) is 0 Å². The quantitative estimate of drug-likeness (QED) is 0.585. The van der Waals surface area contributed by atoms with Gasteiger partial charge in [0.25, 0.3) is 0 Å². The van der Waals surface area contributed by atoms with Gasteiger partial charge in [0.05, 0.1) is 18.6 Å². The summed E-state index contributed by atoms with van der Waals surface area (Å²) in [4.78, 5) is 22.9. The predicted octanol–water partition coefficient (Wildman–Crippen LogP) is 4.60. The molecule has 25 heavy (non-hydrogen) atoms. The largest absolute Gasteiger partial charge is 0.466 e. The van der Waals surface area contributed by atoms with Crippen LogP contribution in [0.25, 0.3) is 11.1 Å². The molecule has 2 aromatic rings. The monoisotopic (exact) mass is 350 g/mol. The average Bonchev–Trinajstić information content (AvgIpc) is 2.55. The summed E-state index contributed by atoms with van der Waals surface area (Å²) in [6, 6.07) is 8.26. The smallest absolute Gasteiger partial charge is 0.416 e. The van der Waals surface area contributed by atoms with Crippen LogP contribution in [0.2, 0.25) is 0 Å². The molecule has 0 saturated carbocycles. The summed E-state index contributed by atoms with van der Waals surface area (Å²) >= 11 is 0. The van der Waals surface area contributed by atoms with E-state index in [1.807, 2.05) is 0 Å². The first-order valence-electron chi connectivity index (χ1n) is 7.68. The fraction of sp³-hybridized carbons (Fsp3) is 0.263. The molecule has 0 saturated heterocycles. The van der Waals surface area contributed by atoms with Crippen molar-refractivity contribution in [2.75, 3.05) is 6.61 Å². The number of hydrogen-bond donors (Lipinski definition) is 0. The third-order valence-corrected chi connectivity index (χ3v) is 3.75. The van der Waals surface area contributed by atoms with E-state index in [1.165, 1.54) is 6.07 Å². The van der Waals surface area contributed by atoms with E-state index in [0.29, 0.717) is 23.0 Å². The van der Waals surface area contributed by atoms with Crippen LogP contribution in [0, 0.1) is 6.92 Å². The lowest BCUT2D eigenvalue weighted by molar-refractivity contribution is -0.142. The van der Waals surface area contributed by atoms with Crippen molar-refractivity contribution in [2.24, 2.45) is 0 Å². The number of hydrogen-bond acceptors (Lipinski definition) is 3. The number of esters is 1. The van der Waals surface area contributed by atoms with Crippen LogP contribution in [0.3, 0.4) is 0 Å².